The van der Waals surface area contributed by atoms with Crippen molar-refractivity contribution in [3.05, 3.63) is 88.0 Å². The highest BCUT2D eigenvalue weighted by Gasteiger charge is 2.11. The molecule has 0 atom stereocenters. The molecular formula is C21H18BrFN2O3. The molecule has 1 aromatic heterocycles. The van der Waals surface area contributed by atoms with Gasteiger partial charge >= 0.3 is 0 Å². The third-order valence-electron chi connectivity index (χ3n) is 4.05. The summed E-state index contributed by atoms with van der Waals surface area (Å²) in [7, 11) is 0. The fourth-order valence-electron chi connectivity index (χ4n) is 2.62. The molecule has 1 heterocycles. The number of amides is 2. The van der Waals surface area contributed by atoms with Crippen LogP contribution >= 0.6 is 15.9 Å². The van der Waals surface area contributed by atoms with Crippen molar-refractivity contribution < 1.29 is 18.4 Å². The summed E-state index contributed by atoms with van der Waals surface area (Å²) in [6, 6.07) is 16.7. The Balaban J connectivity index is 1.46. The van der Waals surface area contributed by atoms with Gasteiger partial charge in [0.15, 0.2) is 10.4 Å². The van der Waals surface area contributed by atoms with Crippen LogP contribution in [0.15, 0.2) is 69.8 Å². The molecule has 28 heavy (non-hydrogen) atoms. The van der Waals surface area contributed by atoms with Crippen molar-refractivity contribution in [3.63, 3.8) is 0 Å². The van der Waals surface area contributed by atoms with Gasteiger partial charge in [0.2, 0.25) is 5.91 Å². The average molecular weight is 445 g/mol. The number of furan rings is 1. The van der Waals surface area contributed by atoms with Crippen molar-refractivity contribution in [1.29, 1.82) is 0 Å². The van der Waals surface area contributed by atoms with Gasteiger partial charge < -0.3 is 15.1 Å². The van der Waals surface area contributed by atoms with Gasteiger partial charge in [0, 0.05) is 12.2 Å². The first-order valence-corrected chi connectivity index (χ1v) is 9.46. The molecule has 0 fully saturated rings. The molecule has 0 unspecified atom stereocenters. The first-order chi connectivity index (χ1) is 13.5. The molecule has 2 amide bonds. The Bertz CT molecular complexity index is 970. The maximum absolute atomic E-state index is 13.5. The summed E-state index contributed by atoms with van der Waals surface area (Å²) in [6.07, 6.45) is 0.642. The Morgan fingerprint density at radius 1 is 1.00 bits per heavy atom. The first kappa shape index (κ1) is 19.8. The number of rotatable bonds is 7. The maximum atomic E-state index is 13.5. The van der Waals surface area contributed by atoms with Crippen LogP contribution in [0.1, 0.15) is 21.7 Å². The number of hydrogen-bond donors (Lipinski definition) is 2. The highest BCUT2D eigenvalue weighted by atomic mass is 79.9. The molecule has 2 aromatic carbocycles. The van der Waals surface area contributed by atoms with E-state index in [-0.39, 0.29) is 29.8 Å². The molecule has 0 saturated heterocycles. The van der Waals surface area contributed by atoms with Gasteiger partial charge in [-0.1, -0.05) is 30.3 Å². The largest absolute Gasteiger partial charge is 0.444 e. The predicted molar refractivity (Wildman–Crippen MR) is 108 cm³/mol. The zero-order valence-corrected chi connectivity index (χ0v) is 16.5. The van der Waals surface area contributed by atoms with Crippen LogP contribution in [0, 0.1) is 5.82 Å². The van der Waals surface area contributed by atoms with Crippen LogP contribution in [-0.2, 0) is 17.6 Å². The van der Waals surface area contributed by atoms with E-state index >= 15 is 0 Å². The van der Waals surface area contributed by atoms with Crippen LogP contribution in [0.3, 0.4) is 0 Å². The lowest BCUT2D eigenvalue weighted by Crippen LogP contribution is -2.27. The standard InChI is InChI=1S/C21H18BrFN2O3/c22-19-10-9-18(28-19)21(27)25-16-7-5-14(6-8-16)13-20(26)24-12-11-15-3-1-2-4-17(15)23/h1-10H,11-13H2,(H,24,26)(H,25,27). The van der Waals surface area contributed by atoms with E-state index < -0.39 is 0 Å². The molecule has 0 aliphatic carbocycles. The van der Waals surface area contributed by atoms with E-state index in [1.54, 1.807) is 54.6 Å². The van der Waals surface area contributed by atoms with Crippen molar-refractivity contribution in [3.8, 4) is 0 Å². The van der Waals surface area contributed by atoms with Crippen LogP contribution in [0.5, 0.6) is 0 Å². The number of hydrogen-bond acceptors (Lipinski definition) is 3. The fourth-order valence-corrected chi connectivity index (χ4v) is 2.93. The lowest BCUT2D eigenvalue weighted by molar-refractivity contribution is -0.120. The second-order valence-corrected chi connectivity index (χ2v) is 6.90. The summed E-state index contributed by atoms with van der Waals surface area (Å²) >= 11 is 3.15. The monoisotopic (exact) mass is 444 g/mol. The number of anilines is 1. The van der Waals surface area contributed by atoms with Crippen molar-refractivity contribution >= 4 is 33.4 Å². The Morgan fingerprint density at radius 2 is 1.75 bits per heavy atom. The van der Waals surface area contributed by atoms with Crippen molar-refractivity contribution in [2.45, 2.75) is 12.8 Å². The minimum Gasteiger partial charge on any atom is -0.444 e. The lowest BCUT2D eigenvalue weighted by atomic mass is 10.1. The number of carbonyl (C=O) groups excluding carboxylic acids is 2. The quantitative estimate of drug-likeness (QED) is 0.569. The Labute approximate surface area is 170 Å². The van der Waals surface area contributed by atoms with Gasteiger partial charge in [-0.3, -0.25) is 9.59 Å². The molecule has 0 aliphatic rings. The zero-order chi connectivity index (χ0) is 19.9. The van der Waals surface area contributed by atoms with Crippen LogP contribution in [0.2, 0.25) is 0 Å². The Morgan fingerprint density at radius 3 is 2.43 bits per heavy atom. The number of halogens is 2. The van der Waals surface area contributed by atoms with Crippen molar-refractivity contribution in [1.82, 2.24) is 5.32 Å². The van der Waals surface area contributed by atoms with Crippen molar-refractivity contribution in [2.24, 2.45) is 0 Å². The number of carbonyl (C=O) groups is 2. The third-order valence-corrected chi connectivity index (χ3v) is 4.47. The van der Waals surface area contributed by atoms with Gasteiger partial charge in [-0.15, -0.1) is 0 Å². The van der Waals surface area contributed by atoms with E-state index in [2.05, 4.69) is 26.6 Å². The van der Waals surface area contributed by atoms with E-state index in [4.69, 9.17) is 4.42 Å². The smallest absolute Gasteiger partial charge is 0.291 e. The van der Waals surface area contributed by atoms with Gasteiger partial charge in [-0.05, 0) is 63.8 Å². The van der Waals surface area contributed by atoms with Crippen LogP contribution in [0.25, 0.3) is 0 Å². The van der Waals surface area contributed by atoms with Gasteiger partial charge in [0.05, 0.1) is 6.42 Å². The molecular weight excluding hydrogens is 427 g/mol. The van der Waals surface area contributed by atoms with Gasteiger partial charge in [-0.25, -0.2) is 4.39 Å². The van der Waals surface area contributed by atoms with Crippen LogP contribution < -0.4 is 10.6 Å². The lowest BCUT2D eigenvalue weighted by Gasteiger charge is -2.07. The molecule has 144 valence electrons. The van der Waals surface area contributed by atoms with E-state index in [1.165, 1.54) is 6.07 Å². The molecule has 5 nitrogen and oxygen atoms in total. The van der Waals surface area contributed by atoms with E-state index in [0.717, 1.165) is 5.56 Å². The summed E-state index contributed by atoms with van der Waals surface area (Å²) in [5.41, 5.74) is 1.98. The molecule has 3 rings (SSSR count). The van der Waals surface area contributed by atoms with Gasteiger partial charge in [0.1, 0.15) is 5.82 Å². The van der Waals surface area contributed by atoms with E-state index in [0.29, 0.717) is 28.9 Å². The zero-order valence-electron chi connectivity index (χ0n) is 14.9. The molecule has 2 N–H and O–H groups in total. The summed E-state index contributed by atoms with van der Waals surface area (Å²) in [4.78, 5) is 24.1. The topological polar surface area (TPSA) is 71.3 Å². The summed E-state index contributed by atoms with van der Waals surface area (Å²) < 4.78 is 19.2. The Hall–Kier alpha value is -2.93. The Kier molecular flexibility index (Phi) is 6.60. The second-order valence-electron chi connectivity index (χ2n) is 6.12. The first-order valence-electron chi connectivity index (χ1n) is 8.67. The van der Waals surface area contributed by atoms with Gasteiger partial charge in [0.25, 0.3) is 5.91 Å². The fraction of sp³-hybridized carbons (Fsp3) is 0.143. The van der Waals surface area contributed by atoms with Crippen LogP contribution in [-0.4, -0.2) is 18.4 Å². The number of benzene rings is 2. The van der Waals surface area contributed by atoms with Gasteiger partial charge in [-0.2, -0.15) is 0 Å². The van der Waals surface area contributed by atoms with Crippen LogP contribution in [0.4, 0.5) is 10.1 Å². The molecule has 0 saturated carbocycles. The average Bonchev–Trinajstić information content (AvgIpc) is 3.11. The molecule has 0 spiro atoms. The molecule has 3 aromatic rings. The molecule has 7 heteroatoms. The summed E-state index contributed by atoms with van der Waals surface area (Å²) in [5, 5.41) is 5.51. The molecule has 0 radical (unpaired) electrons. The minimum absolute atomic E-state index is 0.145. The third kappa shape index (κ3) is 5.53. The summed E-state index contributed by atoms with van der Waals surface area (Å²) in [5.74, 6) is -0.570. The maximum Gasteiger partial charge on any atom is 0.291 e. The van der Waals surface area contributed by atoms with Crippen molar-refractivity contribution in [2.75, 3.05) is 11.9 Å². The molecule has 0 bridgehead atoms. The minimum atomic E-state index is -0.357. The second kappa shape index (κ2) is 9.32. The SMILES string of the molecule is O=C(Cc1ccc(NC(=O)c2ccc(Br)o2)cc1)NCCc1ccccc1F. The normalized spacial score (nSPS) is 10.5. The predicted octanol–water partition coefficient (Wildman–Crippen LogP) is 4.33. The molecule has 0 aliphatic heterocycles. The summed E-state index contributed by atoms with van der Waals surface area (Å²) in [6.45, 7) is 0.368. The number of nitrogens with one attached hydrogen (secondary N) is 2. The highest BCUT2D eigenvalue weighted by molar-refractivity contribution is 9.10. The van der Waals surface area contributed by atoms with E-state index in [9.17, 15) is 14.0 Å². The van der Waals surface area contributed by atoms with E-state index in [1.807, 2.05) is 0 Å². The highest BCUT2D eigenvalue weighted by Crippen LogP contribution is 2.16.